The van der Waals surface area contributed by atoms with Crippen LogP contribution in [0.4, 0.5) is 0 Å². The van der Waals surface area contributed by atoms with Gasteiger partial charge in [-0.1, -0.05) is 0 Å². The van der Waals surface area contributed by atoms with Gasteiger partial charge in [-0.05, 0) is 0 Å². The zero-order valence-corrected chi connectivity index (χ0v) is 9.12. The maximum atomic E-state index is 2.54. The molecule has 1 unspecified atom stereocenters. The van der Waals surface area contributed by atoms with Crippen molar-refractivity contribution in [1.82, 2.24) is 0 Å². The number of hydrogen-bond acceptors (Lipinski definition) is 0. The predicted octanol–water partition coefficient (Wildman–Crippen LogP) is 2.88. The fourth-order valence-corrected chi connectivity index (χ4v) is 6.15. The van der Waals surface area contributed by atoms with Crippen molar-refractivity contribution < 1.29 is 0 Å². The minimum atomic E-state index is -0.770. The van der Waals surface area contributed by atoms with Crippen LogP contribution in [0.5, 0.6) is 0 Å². The first-order valence-corrected chi connectivity index (χ1v) is 7.93. The summed E-state index contributed by atoms with van der Waals surface area (Å²) in [6.07, 6.45) is 4.26. The zero-order chi connectivity index (χ0) is 8.28. The molecule has 0 aromatic heterocycles. The SMILES string of the molecule is CCC1=C2C[PH](C)(C)C2(C)C1. The molecular weight excluding hydrogens is 151 g/mol. The summed E-state index contributed by atoms with van der Waals surface area (Å²) in [6.45, 7) is 9.89. The van der Waals surface area contributed by atoms with Gasteiger partial charge in [-0.25, -0.2) is 0 Å². The first kappa shape index (κ1) is 7.80. The molecule has 0 radical (unpaired) electrons. The Balaban J connectivity index is 2.27. The molecule has 1 fully saturated rings. The molecule has 0 bridgehead atoms. The average molecular weight is 170 g/mol. The van der Waals surface area contributed by atoms with Crippen LogP contribution >= 0.6 is 7.26 Å². The molecule has 0 spiro atoms. The molecule has 0 amide bonds. The van der Waals surface area contributed by atoms with Gasteiger partial charge in [0.15, 0.2) is 0 Å². The van der Waals surface area contributed by atoms with Gasteiger partial charge in [0.25, 0.3) is 0 Å². The van der Waals surface area contributed by atoms with Crippen molar-refractivity contribution >= 4 is 7.26 Å². The third kappa shape index (κ3) is 0.699. The summed E-state index contributed by atoms with van der Waals surface area (Å²) < 4.78 is 0. The molecule has 2 aliphatic rings. The Morgan fingerprint density at radius 1 is 1.45 bits per heavy atom. The fraction of sp³-hybridized carbons (Fsp3) is 0.800. The molecule has 1 saturated heterocycles. The van der Waals surface area contributed by atoms with Crippen LogP contribution in [-0.4, -0.2) is 24.6 Å². The van der Waals surface area contributed by atoms with E-state index in [4.69, 9.17) is 0 Å². The van der Waals surface area contributed by atoms with Gasteiger partial charge < -0.3 is 0 Å². The van der Waals surface area contributed by atoms with E-state index >= 15 is 0 Å². The van der Waals surface area contributed by atoms with Crippen LogP contribution in [0.25, 0.3) is 0 Å². The van der Waals surface area contributed by atoms with Gasteiger partial charge in [0.1, 0.15) is 0 Å². The van der Waals surface area contributed by atoms with E-state index in [1.54, 1.807) is 5.57 Å². The van der Waals surface area contributed by atoms with E-state index in [-0.39, 0.29) is 0 Å². The standard InChI is InChI=1S/C10H19P/c1-5-8-6-10(2)9(8)7-11(10,3)4/h11H,5-7H2,1-4H3. The van der Waals surface area contributed by atoms with Gasteiger partial charge in [0.05, 0.1) is 0 Å². The molecule has 0 nitrogen and oxygen atoms in total. The summed E-state index contributed by atoms with van der Waals surface area (Å²) in [4.78, 5) is 0. The molecule has 11 heavy (non-hydrogen) atoms. The van der Waals surface area contributed by atoms with Crippen molar-refractivity contribution in [2.24, 2.45) is 0 Å². The summed E-state index contributed by atoms with van der Waals surface area (Å²) >= 11 is 0. The van der Waals surface area contributed by atoms with Crippen LogP contribution in [0.2, 0.25) is 0 Å². The molecule has 0 aromatic carbocycles. The van der Waals surface area contributed by atoms with Crippen LogP contribution in [0.1, 0.15) is 26.7 Å². The van der Waals surface area contributed by atoms with E-state index in [9.17, 15) is 0 Å². The van der Waals surface area contributed by atoms with E-state index in [0.29, 0.717) is 0 Å². The molecule has 0 saturated carbocycles. The van der Waals surface area contributed by atoms with Gasteiger partial charge in [0, 0.05) is 0 Å². The number of fused-ring (bicyclic) bond motifs is 1. The molecule has 1 atom stereocenters. The summed E-state index contributed by atoms with van der Waals surface area (Å²) in [7, 11) is -0.770. The molecule has 64 valence electrons. The quantitative estimate of drug-likeness (QED) is 0.419. The van der Waals surface area contributed by atoms with Crippen molar-refractivity contribution in [2.75, 3.05) is 19.5 Å². The minimum absolute atomic E-state index is 0.748. The molecule has 0 N–H and O–H groups in total. The summed E-state index contributed by atoms with van der Waals surface area (Å²) in [5.41, 5.74) is 3.65. The van der Waals surface area contributed by atoms with Gasteiger partial charge in [-0.15, -0.1) is 0 Å². The second-order valence-electron chi connectivity index (χ2n) is 5.01. The number of allylic oxidation sites excluding steroid dienone is 2. The molecule has 1 heteroatoms. The first-order chi connectivity index (χ1) is 5.01. The Morgan fingerprint density at radius 3 is 2.36 bits per heavy atom. The Morgan fingerprint density at radius 2 is 2.09 bits per heavy atom. The van der Waals surface area contributed by atoms with Crippen LogP contribution in [0.3, 0.4) is 0 Å². The zero-order valence-electron chi connectivity index (χ0n) is 8.12. The van der Waals surface area contributed by atoms with Gasteiger partial charge in [0.2, 0.25) is 0 Å². The number of hydrogen-bond donors (Lipinski definition) is 0. The van der Waals surface area contributed by atoms with Gasteiger partial charge >= 0.3 is 69.7 Å². The third-order valence-corrected chi connectivity index (χ3v) is 8.90. The van der Waals surface area contributed by atoms with Crippen molar-refractivity contribution in [3.63, 3.8) is 0 Å². The predicted molar refractivity (Wildman–Crippen MR) is 55.4 cm³/mol. The van der Waals surface area contributed by atoms with E-state index < -0.39 is 7.26 Å². The molecular formula is C10H19P. The van der Waals surface area contributed by atoms with Gasteiger partial charge in [-0.3, -0.25) is 0 Å². The van der Waals surface area contributed by atoms with Gasteiger partial charge in [-0.2, -0.15) is 0 Å². The van der Waals surface area contributed by atoms with E-state index in [2.05, 4.69) is 27.2 Å². The second-order valence-corrected chi connectivity index (χ2v) is 10.2. The van der Waals surface area contributed by atoms with Crippen molar-refractivity contribution in [3.8, 4) is 0 Å². The van der Waals surface area contributed by atoms with Crippen LogP contribution in [-0.2, 0) is 0 Å². The average Bonchev–Trinajstić information content (AvgIpc) is 1.96. The van der Waals surface area contributed by atoms with Crippen molar-refractivity contribution in [3.05, 3.63) is 11.1 Å². The van der Waals surface area contributed by atoms with E-state index in [1.807, 2.05) is 5.57 Å². The Bertz CT molecular complexity index is 237. The van der Waals surface area contributed by atoms with Crippen molar-refractivity contribution in [2.45, 2.75) is 31.8 Å². The second kappa shape index (κ2) is 1.91. The summed E-state index contributed by atoms with van der Waals surface area (Å²) in [5, 5.41) is 0.748. The normalized spacial score (nSPS) is 42.2. The Hall–Kier alpha value is 0.170. The van der Waals surface area contributed by atoms with E-state index in [1.165, 1.54) is 19.0 Å². The molecule has 1 heterocycles. The van der Waals surface area contributed by atoms with Crippen molar-refractivity contribution in [1.29, 1.82) is 0 Å². The molecule has 1 aliphatic carbocycles. The topological polar surface area (TPSA) is 0 Å². The third-order valence-electron chi connectivity index (χ3n) is 4.20. The maximum absolute atomic E-state index is 2.54. The van der Waals surface area contributed by atoms with Crippen LogP contribution in [0, 0.1) is 0 Å². The molecule has 1 aliphatic heterocycles. The monoisotopic (exact) mass is 170 g/mol. The van der Waals surface area contributed by atoms with Crippen LogP contribution in [0.15, 0.2) is 11.1 Å². The van der Waals surface area contributed by atoms with E-state index in [0.717, 1.165) is 5.16 Å². The van der Waals surface area contributed by atoms with Crippen LogP contribution < -0.4 is 0 Å². The molecule has 2 rings (SSSR count). The fourth-order valence-electron chi connectivity index (χ4n) is 2.76. The summed E-state index contributed by atoms with van der Waals surface area (Å²) in [5.74, 6) is 0. The Labute approximate surface area is 70.4 Å². The number of rotatable bonds is 1. The molecule has 0 aromatic rings. The summed E-state index contributed by atoms with van der Waals surface area (Å²) in [6, 6.07) is 0. The first-order valence-electron chi connectivity index (χ1n) is 4.72. The Kier molecular flexibility index (Phi) is 1.35.